The maximum absolute atomic E-state index is 13.0. The molecule has 0 atom stereocenters. The van der Waals surface area contributed by atoms with Gasteiger partial charge in [0, 0.05) is 43.3 Å². The molecule has 1 aromatic heterocycles. The van der Waals surface area contributed by atoms with Gasteiger partial charge >= 0.3 is 0 Å². The molecule has 2 heterocycles. The molecule has 0 spiro atoms. The molecule has 2 aromatic carbocycles. The first-order valence-electron chi connectivity index (χ1n) is 11.2. The summed E-state index contributed by atoms with van der Waals surface area (Å²) in [5.41, 5.74) is 2.35. The van der Waals surface area contributed by atoms with Gasteiger partial charge in [0.15, 0.2) is 0 Å². The summed E-state index contributed by atoms with van der Waals surface area (Å²) in [5.74, 6) is -0.599. The standard InChI is InChI=1S/C24H27N5O5S/c1-18-6-7-21(35(32,33)29-10-12-34-13-11-29)15-22(18)24(31)25-16-19-4-2-5-20(14-19)27-23(30)17-28-9-3-8-26-28/h2-9,14-15H,10-13,16-17H2,1H3,(H,25,31)(H,27,30). The van der Waals surface area contributed by atoms with Crippen LogP contribution in [0.4, 0.5) is 5.69 Å². The Morgan fingerprint density at radius 3 is 2.63 bits per heavy atom. The summed E-state index contributed by atoms with van der Waals surface area (Å²) in [6, 6.07) is 13.5. The first kappa shape index (κ1) is 24.6. The largest absolute Gasteiger partial charge is 0.379 e. The van der Waals surface area contributed by atoms with Gasteiger partial charge in [0.1, 0.15) is 6.54 Å². The van der Waals surface area contributed by atoms with Crippen molar-refractivity contribution in [3.05, 3.63) is 77.6 Å². The molecule has 2 N–H and O–H groups in total. The fourth-order valence-corrected chi connectivity index (χ4v) is 5.16. The summed E-state index contributed by atoms with van der Waals surface area (Å²) >= 11 is 0. The summed E-state index contributed by atoms with van der Waals surface area (Å²) < 4.78 is 34.1. The lowest BCUT2D eigenvalue weighted by Crippen LogP contribution is -2.40. The Balaban J connectivity index is 1.41. The number of aromatic nitrogens is 2. The van der Waals surface area contributed by atoms with Gasteiger partial charge in [0.25, 0.3) is 5.91 Å². The maximum atomic E-state index is 13.0. The first-order chi connectivity index (χ1) is 16.8. The predicted molar refractivity (Wildman–Crippen MR) is 129 cm³/mol. The minimum Gasteiger partial charge on any atom is -0.379 e. The van der Waals surface area contributed by atoms with Crippen LogP contribution in [0.15, 0.2) is 65.8 Å². The number of ether oxygens (including phenoxy) is 1. The van der Waals surface area contributed by atoms with Crippen LogP contribution < -0.4 is 10.6 Å². The van der Waals surface area contributed by atoms with Crippen LogP contribution in [-0.4, -0.2) is 60.6 Å². The average molecular weight is 498 g/mol. The van der Waals surface area contributed by atoms with Crippen LogP contribution in [0.1, 0.15) is 21.5 Å². The SMILES string of the molecule is Cc1ccc(S(=O)(=O)N2CCOCC2)cc1C(=O)NCc1cccc(NC(=O)Cn2cccn2)c1. The minimum atomic E-state index is -3.71. The van der Waals surface area contributed by atoms with E-state index in [1.165, 1.54) is 21.1 Å². The number of morpholine rings is 1. The molecule has 0 unspecified atom stereocenters. The van der Waals surface area contributed by atoms with Crippen LogP contribution in [0.5, 0.6) is 0 Å². The number of carbonyl (C=O) groups excluding carboxylic acids is 2. The molecule has 1 saturated heterocycles. The van der Waals surface area contributed by atoms with Crippen molar-refractivity contribution < 1.29 is 22.7 Å². The zero-order valence-corrected chi connectivity index (χ0v) is 20.1. The Bertz CT molecular complexity index is 1300. The first-order valence-corrected chi connectivity index (χ1v) is 12.6. The lowest BCUT2D eigenvalue weighted by Gasteiger charge is -2.26. The molecule has 11 heteroatoms. The molecular weight excluding hydrogens is 470 g/mol. The Labute approximate surface area is 203 Å². The van der Waals surface area contributed by atoms with E-state index in [1.54, 1.807) is 49.6 Å². The molecule has 0 saturated carbocycles. The molecule has 4 rings (SSSR count). The van der Waals surface area contributed by atoms with Crippen LogP contribution >= 0.6 is 0 Å². The molecule has 0 bridgehead atoms. The number of rotatable bonds is 8. The lowest BCUT2D eigenvalue weighted by atomic mass is 10.1. The predicted octanol–water partition coefficient (Wildman–Crippen LogP) is 1.78. The Morgan fingerprint density at radius 2 is 1.89 bits per heavy atom. The van der Waals surface area contributed by atoms with Crippen molar-refractivity contribution in [2.75, 3.05) is 31.6 Å². The maximum Gasteiger partial charge on any atom is 0.251 e. The van der Waals surface area contributed by atoms with Crippen LogP contribution in [0, 0.1) is 6.92 Å². The van der Waals surface area contributed by atoms with Crippen LogP contribution in [0.2, 0.25) is 0 Å². The summed E-state index contributed by atoms with van der Waals surface area (Å²) in [6.45, 7) is 3.33. The highest BCUT2D eigenvalue weighted by atomic mass is 32.2. The van der Waals surface area contributed by atoms with Crippen LogP contribution in [0.3, 0.4) is 0 Å². The second-order valence-corrected chi connectivity index (χ2v) is 10.1. The normalized spacial score (nSPS) is 14.4. The lowest BCUT2D eigenvalue weighted by molar-refractivity contribution is -0.116. The second-order valence-electron chi connectivity index (χ2n) is 8.13. The van der Waals surface area contributed by atoms with Gasteiger partial charge < -0.3 is 15.4 Å². The zero-order valence-electron chi connectivity index (χ0n) is 19.3. The Hall–Kier alpha value is -3.54. The van der Waals surface area contributed by atoms with Crippen molar-refractivity contribution in [2.24, 2.45) is 0 Å². The average Bonchev–Trinajstić information content (AvgIpc) is 3.36. The number of nitrogens with one attached hydrogen (secondary N) is 2. The highest BCUT2D eigenvalue weighted by Crippen LogP contribution is 2.21. The van der Waals surface area contributed by atoms with Gasteiger partial charge in [-0.25, -0.2) is 8.42 Å². The second kappa shape index (κ2) is 10.8. The van der Waals surface area contributed by atoms with Gasteiger partial charge in [0.2, 0.25) is 15.9 Å². The van der Waals surface area contributed by atoms with E-state index in [2.05, 4.69) is 15.7 Å². The molecule has 0 radical (unpaired) electrons. The summed E-state index contributed by atoms with van der Waals surface area (Å²) in [4.78, 5) is 25.2. The Kier molecular flexibility index (Phi) is 7.59. The van der Waals surface area contributed by atoms with Crippen molar-refractivity contribution >= 4 is 27.5 Å². The molecule has 1 fully saturated rings. The van der Waals surface area contributed by atoms with Crippen LogP contribution in [0.25, 0.3) is 0 Å². The molecule has 1 aliphatic rings. The van der Waals surface area contributed by atoms with E-state index >= 15 is 0 Å². The molecule has 2 amide bonds. The number of carbonyl (C=O) groups is 2. The molecule has 0 aliphatic carbocycles. The highest BCUT2D eigenvalue weighted by Gasteiger charge is 2.27. The van der Waals surface area contributed by atoms with Gasteiger partial charge in [0.05, 0.1) is 18.1 Å². The van der Waals surface area contributed by atoms with Crippen molar-refractivity contribution in [3.8, 4) is 0 Å². The van der Waals surface area contributed by atoms with E-state index < -0.39 is 10.0 Å². The van der Waals surface area contributed by atoms with Gasteiger partial charge in [-0.05, 0) is 48.4 Å². The number of anilines is 1. The number of aryl methyl sites for hydroxylation is 1. The third-order valence-corrected chi connectivity index (χ3v) is 7.48. The van der Waals surface area contributed by atoms with E-state index in [0.717, 1.165) is 5.56 Å². The number of hydrogen-bond acceptors (Lipinski definition) is 6. The summed E-state index contributed by atoms with van der Waals surface area (Å²) in [6.07, 6.45) is 3.31. The molecule has 10 nitrogen and oxygen atoms in total. The summed E-state index contributed by atoms with van der Waals surface area (Å²) in [5, 5.41) is 9.66. The smallest absolute Gasteiger partial charge is 0.251 e. The molecule has 35 heavy (non-hydrogen) atoms. The van der Waals surface area contributed by atoms with E-state index in [4.69, 9.17) is 4.74 Å². The number of hydrogen-bond donors (Lipinski definition) is 2. The molecule has 1 aliphatic heterocycles. The molecule has 3 aromatic rings. The van der Waals surface area contributed by atoms with E-state index in [-0.39, 0.29) is 42.9 Å². The number of nitrogens with zero attached hydrogens (tertiary/aromatic N) is 3. The van der Waals surface area contributed by atoms with E-state index in [0.29, 0.717) is 30.0 Å². The van der Waals surface area contributed by atoms with Gasteiger partial charge in [-0.3, -0.25) is 14.3 Å². The van der Waals surface area contributed by atoms with Crippen molar-refractivity contribution in [1.82, 2.24) is 19.4 Å². The van der Waals surface area contributed by atoms with Gasteiger partial charge in [-0.2, -0.15) is 9.40 Å². The number of benzene rings is 2. The zero-order chi connectivity index (χ0) is 24.8. The number of sulfonamides is 1. The quantitative estimate of drug-likeness (QED) is 0.489. The molecular formula is C24H27N5O5S. The van der Waals surface area contributed by atoms with Crippen LogP contribution in [-0.2, 0) is 32.6 Å². The van der Waals surface area contributed by atoms with Crippen molar-refractivity contribution in [2.45, 2.75) is 24.9 Å². The third-order valence-electron chi connectivity index (χ3n) is 5.59. The highest BCUT2D eigenvalue weighted by molar-refractivity contribution is 7.89. The van der Waals surface area contributed by atoms with Gasteiger partial charge in [-0.15, -0.1) is 0 Å². The van der Waals surface area contributed by atoms with E-state index in [9.17, 15) is 18.0 Å². The van der Waals surface area contributed by atoms with Crippen molar-refractivity contribution in [3.63, 3.8) is 0 Å². The monoisotopic (exact) mass is 497 g/mol. The molecule has 184 valence electrons. The minimum absolute atomic E-state index is 0.0806. The van der Waals surface area contributed by atoms with E-state index in [1.807, 2.05) is 6.07 Å². The number of amides is 2. The van der Waals surface area contributed by atoms with Crippen molar-refractivity contribution in [1.29, 1.82) is 0 Å². The fourth-order valence-electron chi connectivity index (χ4n) is 3.72. The fraction of sp³-hybridized carbons (Fsp3) is 0.292. The Morgan fingerprint density at radius 1 is 1.09 bits per heavy atom. The third kappa shape index (κ3) is 6.13. The topological polar surface area (TPSA) is 123 Å². The summed E-state index contributed by atoms with van der Waals surface area (Å²) in [7, 11) is -3.71. The van der Waals surface area contributed by atoms with Gasteiger partial charge in [-0.1, -0.05) is 18.2 Å².